The van der Waals surface area contributed by atoms with Crippen LogP contribution >= 0.6 is 0 Å². The van der Waals surface area contributed by atoms with E-state index in [0.717, 1.165) is 6.42 Å². The Labute approximate surface area is 190 Å². The molecule has 2 unspecified atom stereocenters. The molecule has 0 saturated carbocycles. The Bertz CT molecular complexity index is 1340. The van der Waals surface area contributed by atoms with E-state index in [1.165, 1.54) is 50.1 Å². The first kappa shape index (κ1) is 19.1. The molecule has 154 valence electrons. The van der Waals surface area contributed by atoms with Gasteiger partial charge in [-0.3, -0.25) is 0 Å². The van der Waals surface area contributed by atoms with Crippen LogP contribution in [-0.2, 0) is 6.42 Å². The highest BCUT2D eigenvalue weighted by molar-refractivity contribution is 5.87. The Morgan fingerprint density at radius 1 is 0.594 bits per heavy atom. The molecule has 2 aliphatic rings. The molecule has 0 radical (unpaired) electrons. The van der Waals surface area contributed by atoms with Gasteiger partial charge in [-0.05, 0) is 62.4 Å². The standard InChI is InChI=1S/C32H26/c1-22-15-17-29-25(13-8-14-27(22)29)21-26-16-18-31-28(23-9-4-2-5-10-23)19-20-30(32(26)31)24-11-6-3-7-12-24/h2-20,22,26H,21H2,1H3. The minimum absolute atomic E-state index is 0.375. The van der Waals surface area contributed by atoms with Gasteiger partial charge in [-0.15, -0.1) is 0 Å². The maximum Gasteiger partial charge on any atom is 0.00742 e. The summed E-state index contributed by atoms with van der Waals surface area (Å²) in [4.78, 5) is 0. The highest BCUT2D eigenvalue weighted by atomic mass is 14.3. The van der Waals surface area contributed by atoms with Gasteiger partial charge in [0.2, 0.25) is 0 Å². The Hall–Kier alpha value is -3.64. The lowest BCUT2D eigenvalue weighted by molar-refractivity contribution is 0.847. The molecule has 4 aromatic rings. The molecule has 0 aliphatic heterocycles. The molecule has 0 aromatic heterocycles. The molecular weight excluding hydrogens is 384 g/mol. The lowest BCUT2D eigenvalue weighted by Gasteiger charge is -2.20. The van der Waals surface area contributed by atoms with Crippen molar-refractivity contribution in [2.45, 2.75) is 25.2 Å². The van der Waals surface area contributed by atoms with Crippen LogP contribution in [0.15, 0.2) is 103 Å². The fraction of sp³-hybridized carbons (Fsp3) is 0.125. The van der Waals surface area contributed by atoms with E-state index in [0.29, 0.717) is 11.8 Å². The Morgan fingerprint density at radius 2 is 1.25 bits per heavy atom. The van der Waals surface area contributed by atoms with E-state index >= 15 is 0 Å². The van der Waals surface area contributed by atoms with Crippen LogP contribution in [0.1, 0.15) is 46.6 Å². The zero-order valence-electron chi connectivity index (χ0n) is 18.3. The van der Waals surface area contributed by atoms with Crippen LogP contribution in [0.3, 0.4) is 0 Å². The van der Waals surface area contributed by atoms with Gasteiger partial charge in [-0.25, -0.2) is 0 Å². The smallest absolute Gasteiger partial charge is 0.00742 e. The molecule has 4 aromatic carbocycles. The second-order valence-corrected chi connectivity index (χ2v) is 8.96. The topological polar surface area (TPSA) is 0 Å². The van der Waals surface area contributed by atoms with Crippen molar-refractivity contribution in [2.75, 3.05) is 0 Å². The van der Waals surface area contributed by atoms with Crippen molar-refractivity contribution in [3.8, 4) is 22.3 Å². The molecule has 0 nitrogen and oxygen atoms in total. The largest absolute Gasteiger partial charge is 0.0767 e. The van der Waals surface area contributed by atoms with Gasteiger partial charge in [-0.2, -0.15) is 0 Å². The summed E-state index contributed by atoms with van der Waals surface area (Å²) in [5.41, 5.74) is 12.4. The van der Waals surface area contributed by atoms with Crippen LogP contribution in [0, 0.1) is 0 Å². The predicted octanol–water partition coefficient (Wildman–Crippen LogP) is 8.50. The van der Waals surface area contributed by atoms with Gasteiger partial charge >= 0.3 is 0 Å². The SMILES string of the molecule is CC1C=Cc2c(CC3C=Cc4c(-c5ccccc5)ccc(-c5ccccc5)c43)cccc21. The number of allylic oxidation sites excluding steroid dienone is 2. The highest BCUT2D eigenvalue weighted by Crippen LogP contribution is 2.45. The van der Waals surface area contributed by atoms with Crippen LogP contribution in [0.25, 0.3) is 34.4 Å². The van der Waals surface area contributed by atoms with Gasteiger partial charge in [0.1, 0.15) is 0 Å². The number of rotatable bonds is 4. The lowest BCUT2D eigenvalue weighted by Crippen LogP contribution is -2.04. The number of hydrogen-bond acceptors (Lipinski definition) is 0. The predicted molar refractivity (Wildman–Crippen MR) is 137 cm³/mol. The highest BCUT2D eigenvalue weighted by Gasteiger charge is 2.26. The maximum atomic E-state index is 2.42. The third-order valence-corrected chi connectivity index (χ3v) is 7.03. The van der Waals surface area contributed by atoms with E-state index in [-0.39, 0.29) is 0 Å². The van der Waals surface area contributed by atoms with Gasteiger partial charge in [-0.1, -0.05) is 122 Å². The van der Waals surface area contributed by atoms with Crippen LogP contribution < -0.4 is 0 Å². The molecule has 0 fully saturated rings. The molecule has 0 saturated heterocycles. The summed E-state index contributed by atoms with van der Waals surface area (Å²) in [5.74, 6) is 0.889. The Kier molecular flexibility index (Phi) is 4.65. The fourth-order valence-corrected chi connectivity index (χ4v) is 5.43. The number of benzene rings is 4. The molecule has 0 amide bonds. The Morgan fingerprint density at radius 3 is 2.00 bits per heavy atom. The molecule has 0 N–H and O–H groups in total. The van der Waals surface area contributed by atoms with Gasteiger partial charge in [0.05, 0.1) is 0 Å². The third-order valence-electron chi connectivity index (χ3n) is 7.03. The molecule has 0 bridgehead atoms. The second kappa shape index (κ2) is 7.80. The minimum Gasteiger partial charge on any atom is -0.0767 e. The third kappa shape index (κ3) is 3.15. The number of fused-ring (bicyclic) bond motifs is 2. The van der Waals surface area contributed by atoms with Crippen LogP contribution in [0.2, 0.25) is 0 Å². The minimum atomic E-state index is 0.375. The normalized spacial score (nSPS) is 18.0. The summed E-state index contributed by atoms with van der Waals surface area (Å²) in [6.45, 7) is 2.29. The summed E-state index contributed by atoms with van der Waals surface area (Å²) in [6.07, 6.45) is 10.5. The van der Waals surface area contributed by atoms with Crippen molar-refractivity contribution < 1.29 is 0 Å². The van der Waals surface area contributed by atoms with E-state index in [4.69, 9.17) is 0 Å². The van der Waals surface area contributed by atoms with Gasteiger partial charge < -0.3 is 0 Å². The fourth-order valence-electron chi connectivity index (χ4n) is 5.43. The first-order valence-electron chi connectivity index (χ1n) is 11.6. The summed E-state index contributed by atoms with van der Waals surface area (Å²) in [6, 6.07) is 33.1. The van der Waals surface area contributed by atoms with Crippen molar-refractivity contribution in [1.29, 1.82) is 0 Å². The van der Waals surface area contributed by atoms with Gasteiger partial charge in [0, 0.05) is 5.92 Å². The molecule has 2 aliphatic carbocycles. The average Bonchev–Trinajstić information content (AvgIpc) is 3.44. The molecular formula is C32H26. The maximum absolute atomic E-state index is 2.42. The average molecular weight is 411 g/mol. The van der Waals surface area contributed by atoms with Crippen molar-refractivity contribution in [2.24, 2.45) is 0 Å². The zero-order chi connectivity index (χ0) is 21.5. The van der Waals surface area contributed by atoms with E-state index in [1.54, 1.807) is 0 Å². The molecule has 6 rings (SSSR count). The molecule has 0 heteroatoms. The van der Waals surface area contributed by atoms with Gasteiger partial charge in [0.25, 0.3) is 0 Å². The number of hydrogen-bond donors (Lipinski definition) is 0. The molecule has 32 heavy (non-hydrogen) atoms. The Balaban J connectivity index is 1.49. The second-order valence-electron chi connectivity index (χ2n) is 8.96. The summed E-state index contributed by atoms with van der Waals surface area (Å²) < 4.78 is 0. The van der Waals surface area contributed by atoms with E-state index in [9.17, 15) is 0 Å². The lowest BCUT2D eigenvalue weighted by atomic mass is 9.83. The van der Waals surface area contributed by atoms with Crippen molar-refractivity contribution in [1.82, 2.24) is 0 Å². The van der Waals surface area contributed by atoms with Gasteiger partial charge in [0.15, 0.2) is 0 Å². The van der Waals surface area contributed by atoms with Crippen LogP contribution in [0.5, 0.6) is 0 Å². The van der Waals surface area contributed by atoms with Crippen LogP contribution in [0.4, 0.5) is 0 Å². The van der Waals surface area contributed by atoms with Crippen molar-refractivity contribution >= 4 is 12.2 Å². The molecule has 0 heterocycles. The van der Waals surface area contributed by atoms with E-state index < -0.39 is 0 Å². The first-order chi connectivity index (χ1) is 15.8. The van der Waals surface area contributed by atoms with Crippen molar-refractivity contribution in [3.63, 3.8) is 0 Å². The first-order valence-corrected chi connectivity index (χ1v) is 11.6. The monoisotopic (exact) mass is 410 g/mol. The summed E-state index contributed by atoms with van der Waals surface area (Å²) in [7, 11) is 0. The summed E-state index contributed by atoms with van der Waals surface area (Å²) in [5, 5.41) is 0. The quantitative estimate of drug-likeness (QED) is 0.316. The summed E-state index contributed by atoms with van der Waals surface area (Å²) >= 11 is 0. The van der Waals surface area contributed by atoms with E-state index in [1.807, 2.05) is 0 Å². The molecule has 2 atom stereocenters. The zero-order valence-corrected chi connectivity index (χ0v) is 18.3. The van der Waals surface area contributed by atoms with E-state index in [2.05, 4.69) is 122 Å². The van der Waals surface area contributed by atoms with Crippen molar-refractivity contribution in [3.05, 3.63) is 131 Å². The molecule has 0 spiro atoms. The van der Waals surface area contributed by atoms with Crippen LogP contribution in [-0.4, -0.2) is 0 Å².